The van der Waals surface area contributed by atoms with Crippen molar-refractivity contribution in [1.82, 2.24) is 5.32 Å². The summed E-state index contributed by atoms with van der Waals surface area (Å²) in [5, 5.41) is 3.67. The molecule has 0 aliphatic carbocycles. The molecule has 1 aliphatic heterocycles. The molecule has 23 heavy (non-hydrogen) atoms. The first-order valence-corrected chi connectivity index (χ1v) is 8.68. The Morgan fingerprint density at radius 3 is 2.91 bits per heavy atom. The number of amides is 1. The Morgan fingerprint density at radius 1 is 1.48 bits per heavy atom. The summed E-state index contributed by atoms with van der Waals surface area (Å²) in [7, 11) is 0. The standard InChI is InChI=1S/C18H26ClNO3/c1-12-11-15(19)7-9-17(12)23-14(3)18(21)20-13(2)6-8-16-5-4-10-22-16/h7,9,11,13-14,16H,4-6,8,10H2,1-3H3,(H,20,21)/t13-,14-,16+/m1/s1. The van der Waals surface area contributed by atoms with Gasteiger partial charge in [0.05, 0.1) is 6.10 Å². The largest absolute Gasteiger partial charge is 0.481 e. The number of nitrogens with one attached hydrogen (secondary N) is 1. The lowest BCUT2D eigenvalue weighted by molar-refractivity contribution is -0.128. The molecule has 128 valence electrons. The Bertz CT molecular complexity index is 529. The lowest BCUT2D eigenvalue weighted by atomic mass is 10.1. The lowest BCUT2D eigenvalue weighted by Crippen LogP contribution is -2.41. The van der Waals surface area contributed by atoms with Gasteiger partial charge >= 0.3 is 0 Å². The minimum absolute atomic E-state index is 0.0980. The molecule has 2 rings (SSSR count). The predicted octanol–water partition coefficient (Wildman–Crippen LogP) is 3.88. The Morgan fingerprint density at radius 2 is 2.26 bits per heavy atom. The number of benzene rings is 1. The van der Waals surface area contributed by atoms with E-state index in [1.54, 1.807) is 19.1 Å². The number of hydrogen-bond donors (Lipinski definition) is 1. The van der Waals surface area contributed by atoms with E-state index in [0.717, 1.165) is 37.9 Å². The van der Waals surface area contributed by atoms with Crippen molar-refractivity contribution < 1.29 is 14.3 Å². The van der Waals surface area contributed by atoms with Crippen molar-refractivity contribution in [3.8, 4) is 5.75 Å². The first-order valence-electron chi connectivity index (χ1n) is 8.30. The molecule has 0 bridgehead atoms. The first kappa shape index (κ1) is 18.1. The molecule has 1 saturated heterocycles. The Balaban J connectivity index is 1.77. The van der Waals surface area contributed by atoms with E-state index in [4.69, 9.17) is 21.1 Å². The zero-order valence-corrected chi connectivity index (χ0v) is 14.9. The Hall–Kier alpha value is -1.26. The van der Waals surface area contributed by atoms with Crippen LogP contribution in [0, 0.1) is 6.92 Å². The van der Waals surface area contributed by atoms with Gasteiger partial charge in [0, 0.05) is 17.7 Å². The Labute approximate surface area is 143 Å². The molecule has 1 heterocycles. The van der Waals surface area contributed by atoms with Crippen LogP contribution in [0.4, 0.5) is 0 Å². The molecule has 1 fully saturated rings. The van der Waals surface area contributed by atoms with Crippen LogP contribution in [0.3, 0.4) is 0 Å². The maximum absolute atomic E-state index is 12.2. The van der Waals surface area contributed by atoms with Crippen LogP contribution >= 0.6 is 11.6 Å². The van der Waals surface area contributed by atoms with E-state index >= 15 is 0 Å². The highest BCUT2D eigenvalue weighted by molar-refractivity contribution is 6.30. The van der Waals surface area contributed by atoms with Crippen molar-refractivity contribution in [3.63, 3.8) is 0 Å². The van der Waals surface area contributed by atoms with E-state index in [2.05, 4.69) is 5.32 Å². The van der Waals surface area contributed by atoms with Gasteiger partial charge in [-0.15, -0.1) is 0 Å². The highest BCUT2D eigenvalue weighted by Gasteiger charge is 2.20. The van der Waals surface area contributed by atoms with Gasteiger partial charge in [0.1, 0.15) is 5.75 Å². The molecule has 0 radical (unpaired) electrons. The molecule has 1 aliphatic rings. The van der Waals surface area contributed by atoms with Gasteiger partial charge in [0.25, 0.3) is 5.91 Å². The molecule has 1 amide bonds. The van der Waals surface area contributed by atoms with Gasteiger partial charge in [-0.1, -0.05) is 11.6 Å². The molecule has 1 aromatic carbocycles. The number of aryl methyl sites for hydroxylation is 1. The molecular formula is C18H26ClNO3. The zero-order chi connectivity index (χ0) is 16.8. The average Bonchev–Trinajstić information content (AvgIpc) is 3.01. The van der Waals surface area contributed by atoms with Crippen molar-refractivity contribution in [2.24, 2.45) is 0 Å². The Kier molecular flexibility index (Phi) is 6.72. The van der Waals surface area contributed by atoms with Crippen LogP contribution in [0.25, 0.3) is 0 Å². The van der Waals surface area contributed by atoms with Crippen LogP contribution in [0.5, 0.6) is 5.75 Å². The summed E-state index contributed by atoms with van der Waals surface area (Å²) < 4.78 is 11.4. The van der Waals surface area contributed by atoms with Crippen molar-refractivity contribution in [1.29, 1.82) is 0 Å². The van der Waals surface area contributed by atoms with E-state index in [1.807, 2.05) is 19.9 Å². The summed E-state index contributed by atoms with van der Waals surface area (Å²) in [5.41, 5.74) is 0.920. The monoisotopic (exact) mass is 339 g/mol. The van der Waals surface area contributed by atoms with E-state index in [1.165, 1.54) is 0 Å². The number of hydrogen-bond acceptors (Lipinski definition) is 3. The van der Waals surface area contributed by atoms with Gasteiger partial charge in [0.2, 0.25) is 0 Å². The van der Waals surface area contributed by atoms with Crippen LogP contribution in [0.15, 0.2) is 18.2 Å². The topological polar surface area (TPSA) is 47.6 Å². The molecular weight excluding hydrogens is 314 g/mol. The fourth-order valence-corrected chi connectivity index (χ4v) is 2.96. The van der Waals surface area contributed by atoms with Gasteiger partial charge in [-0.25, -0.2) is 0 Å². The van der Waals surface area contributed by atoms with E-state index in [0.29, 0.717) is 16.9 Å². The van der Waals surface area contributed by atoms with E-state index < -0.39 is 6.10 Å². The summed E-state index contributed by atoms with van der Waals surface area (Å²) in [4.78, 5) is 12.2. The van der Waals surface area contributed by atoms with E-state index in [-0.39, 0.29) is 11.9 Å². The number of halogens is 1. The van der Waals surface area contributed by atoms with Crippen LogP contribution < -0.4 is 10.1 Å². The molecule has 0 unspecified atom stereocenters. The van der Waals surface area contributed by atoms with Crippen LogP contribution in [0.1, 0.15) is 45.1 Å². The van der Waals surface area contributed by atoms with Crippen molar-refractivity contribution >= 4 is 17.5 Å². The number of carbonyl (C=O) groups is 1. The van der Waals surface area contributed by atoms with Gasteiger partial charge in [-0.05, 0) is 70.2 Å². The lowest BCUT2D eigenvalue weighted by Gasteiger charge is -2.20. The molecule has 3 atom stereocenters. The minimum atomic E-state index is -0.542. The molecule has 0 saturated carbocycles. The van der Waals surface area contributed by atoms with Crippen LogP contribution in [0.2, 0.25) is 5.02 Å². The molecule has 1 N–H and O–H groups in total. The van der Waals surface area contributed by atoms with Crippen molar-refractivity contribution in [2.75, 3.05) is 6.61 Å². The second-order valence-corrected chi connectivity index (χ2v) is 6.73. The molecule has 0 spiro atoms. The summed E-state index contributed by atoms with van der Waals surface area (Å²) >= 11 is 5.93. The normalized spacial score (nSPS) is 20.1. The second-order valence-electron chi connectivity index (χ2n) is 6.29. The highest BCUT2D eigenvalue weighted by Crippen LogP contribution is 2.23. The highest BCUT2D eigenvalue weighted by atomic mass is 35.5. The number of rotatable bonds is 7. The van der Waals surface area contributed by atoms with Gasteiger partial charge < -0.3 is 14.8 Å². The fourth-order valence-electron chi connectivity index (χ4n) is 2.73. The summed E-state index contributed by atoms with van der Waals surface area (Å²) in [6, 6.07) is 5.50. The van der Waals surface area contributed by atoms with Gasteiger partial charge in [-0.3, -0.25) is 4.79 Å². The quantitative estimate of drug-likeness (QED) is 0.820. The fraction of sp³-hybridized carbons (Fsp3) is 0.611. The summed E-state index contributed by atoms with van der Waals surface area (Å²) in [6.07, 6.45) is 4.02. The van der Waals surface area contributed by atoms with Crippen LogP contribution in [-0.2, 0) is 9.53 Å². The maximum atomic E-state index is 12.2. The smallest absolute Gasteiger partial charge is 0.260 e. The third-order valence-electron chi connectivity index (χ3n) is 4.14. The average molecular weight is 340 g/mol. The number of carbonyl (C=O) groups excluding carboxylic acids is 1. The van der Waals surface area contributed by atoms with E-state index in [9.17, 15) is 4.79 Å². The third-order valence-corrected chi connectivity index (χ3v) is 4.38. The van der Waals surface area contributed by atoms with Gasteiger partial charge in [-0.2, -0.15) is 0 Å². The zero-order valence-electron chi connectivity index (χ0n) is 14.1. The van der Waals surface area contributed by atoms with Crippen molar-refractivity contribution in [3.05, 3.63) is 28.8 Å². The van der Waals surface area contributed by atoms with Gasteiger partial charge in [0.15, 0.2) is 6.10 Å². The van der Waals surface area contributed by atoms with Crippen molar-refractivity contribution in [2.45, 2.75) is 64.7 Å². The van der Waals surface area contributed by atoms with Crippen LogP contribution in [-0.4, -0.2) is 30.8 Å². The molecule has 0 aromatic heterocycles. The molecule has 1 aromatic rings. The SMILES string of the molecule is Cc1cc(Cl)ccc1O[C@H](C)C(=O)N[C@H](C)CC[C@@H]1CCCO1. The minimum Gasteiger partial charge on any atom is -0.481 e. The molecule has 4 nitrogen and oxygen atoms in total. The second kappa shape index (κ2) is 8.55. The summed E-state index contributed by atoms with van der Waals surface area (Å²) in [5.74, 6) is 0.586. The third kappa shape index (κ3) is 5.70. The summed E-state index contributed by atoms with van der Waals surface area (Å²) in [6.45, 7) is 6.57. The number of ether oxygens (including phenoxy) is 2. The predicted molar refractivity (Wildman–Crippen MR) is 92.1 cm³/mol. The first-order chi connectivity index (χ1) is 11.0. The maximum Gasteiger partial charge on any atom is 0.260 e. The molecule has 5 heteroatoms.